The smallest absolute Gasteiger partial charge is 0.264 e. The fourth-order valence-corrected chi connectivity index (χ4v) is 5.39. The second-order valence-corrected chi connectivity index (χ2v) is 11.0. The highest BCUT2D eigenvalue weighted by molar-refractivity contribution is 7.92. The van der Waals surface area contributed by atoms with Crippen LogP contribution in [0.3, 0.4) is 0 Å². The summed E-state index contributed by atoms with van der Waals surface area (Å²) in [5, 5.41) is 3.09. The van der Waals surface area contributed by atoms with E-state index in [1.807, 2.05) is 31.2 Å². The molecule has 180 valence electrons. The average molecular weight is 479 g/mol. The maximum Gasteiger partial charge on any atom is 0.264 e. The zero-order valence-corrected chi connectivity index (χ0v) is 21.4. The van der Waals surface area contributed by atoms with Gasteiger partial charge in [-0.05, 0) is 54.2 Å². The number of hydrogen-bond acceptors (Lipinski definition) is 3. The Morgan fingerprint density at radius 2 is 1.38 bits per heavy atom. The van der Waals surface area contributed by atoms with E-state index in [2.05, 4.69) is 33.0 Å². The Morgan fingerprint density at radius 3 is 1.91 bits per heavy atom. The van der Waals surface area contributed by atoms with Crippen molar-refractivity contribution in [2.24, 2.45) is 0 Å². The molecule has 1 amide bonds. The number of anilines is 2. The third-order valence-electron chi connectivity index (χ3n) is 5.83. The number of nitrogens with one attached hydrogen (secondary N) is 1. The van der Waals surface area contributed by atoms with Gasteiger partial charge in [0.1, 0.15) is 0 Å². The molecule has 3 rings (SSSR count). The van der Waals surface area contributed by atoms with Crippen LogP contribution < -0.4 is 9.62 Å². The Kier molecular flexibility index (Phi) is 8.15. The molecule has 3 aromatic carbocycles. The summed E-state index contributed by atoms with van der Waals surface area (Å²) in [6, 6.07) is 21.8. The number of carbonyl (C=O) groups excluding carboxylic acids is 1. The molecule has 0 aliphatic rings. The highest BCUT2D eigenvalue weighted by atomic mass is 32.2. The molecule has 3 aromatic rings. The summed E-state index contributed by atoms with van der Waals surface area (Å²) in [6.45, 7) is 10.3. The monoisotopic (exact) mass is 478 g/mol. The predicted molar refractivity (Wildman–Crippen MR) is 140 cm³/mol. The van der Waals surface area contributed by atoms with E-state index in [-0.39, 0.29) is 35.6 Å². The van der Waals surface area contributed by atoms with Crippen molar-refractivity contribution in [2.45, 2.75) is 57.8 Å². The summed E-state index contributed by atoms with van der Waals surface area (Å²) < 4.78 is 28.3. The summed E-state index contributed by atoms with van der Waals surface area (Å²) >= 11 is 0. The number of sulfonamides is 1. The lowest BCUT2D eigenvalue weighted by molar-refractivity contribution is -0.116. The van der Waals surface area contributed by atoms with Gasteiger partial charge in [0.15, 0.2) is 0 Å². The first-order valence-electron chi connectivity index (χ1n) is 11.7. The molecule has 0 atom stereocenters. The first-order chi connectivity index (χ1) is 16.1. The molecule has 0 aliphatic carbocycles. The molecular weight excluding hydrogens is 444 g/mol. The number of aryl methyl sites for hydroxylation is 1. The Labute approximate surface area is 203 Å². The SMILES string of the molecule is Cc1ccc(S(=O)(=O)N(CCC(=O)Nc2c(C(C)C)cccc2C(C)C)c2ccccc2)cc1. The number of amides is 1. The van der Waals surface area contributed by atoms with Gasteiger partial charge in [-0.25, -0.2) is 8.42 Å². The molecule has 34 heavy (non-hydrogen) atoms. The topological polar surface area (TPSA) is 66.5 Å². The Bertz CT molecular complexity index is 1190. The molecule has 0 spiro atoms. The van der Waals surface area contributed by atoms with E-state index in [1.54, 1.807) is 48.5 Å². The van der Waals surface area contributed by atoms with Gasteiger partial charge >= 0.3 is 0 Å². The normalized spacial score (nSPS) is 11.6. The van der Waals surface area contributed by atoms with Crippen LogP contribution in [0.2, 0.25) is 0 Å². The minimum Gasteiger partial charge on any atom is -0.326 e. The second kappa shape index (κ2) is 10.9. The number of nitrogens with zero attached hydrogens (tertiary/aromatic N) is 1. The Hall–Kier alpha value is -3.12. The Balaban J connectivity index is 1.87. The van der Waals surface area contributed by atoms with Crippen molar-refractivity contribution >= 4 is 27.3 Å². The third kappa shape index (κ3) is 5.86. The van der Waals surface area contributed by atoms with Crippen LogP contribution in [0.5, 0.6) is 0 Å². The van der Waals surface area contributed by atoms with Gasteiger partial charge in [-0.15, -0.1) is 0 Å². The van der Waals surface area contributed by atoms with Crippen LogP contribution in [-0.2, 0) is 14.8 Å². The van der Waals surface area contributed by atoms with E-state index < -0.39 is 10.0 Å². The van der Waals surface area contributed by atoms with E-state index in [0.717, 1.165) is 22.4 Å². The summed E-state index contributed by atoms with van der Waals surface area (Å²) in [7, 11) is -3.83. The summed E-state index contributed by atoms with van der Waals surface area (Å²) in [4.78, 5) is 13.3. The van der Waals surface area contributed by atoms with Gasteiger partial charge in [0.05, 0.1) is 10.6 Å². The van der Waals surface area contributed by atoms with Crippen LogP contribution in [0.15, 0.2) is 77.7 Å². The van der Waals surface area contributed by atoms with Crippen molar-refractivity contribution in [3.63, 3.8) is 0 Å². The molecule has 0 aliphatic heterocycles. The van der Waals surface area contributed by atoms with E-state index in [4.69, 9.17) is 0 Å². The van der Waals surface area contributed by atoms with Gasteiger partial charge in [0.2, 0.25) is 5.91 Å². The predicted octanol–water partition coefficient (Wildman–Crippen LogP) is 6.47. The van der Waals surface area contributed by atoms with Crippen LogP contribution in [0, 0.1) is 6.92 Å². The van der Waals surface area contributed by atoms with Crippen LogP contribution in [0.4, 0.5) is 11.4 Å². The highest BCUT2D eigenvalue weighted by Crippen LogP contribution is 2.32. The van der Waals surface area contributed by atoms with Gasteiger partial charge in [-0.1, -0.05) is 81.8 Å². The molecule has 0 unspecified atom stereocenters. The van der Waals surface area contributed by atoms with Crippen LogP contribution in [-0.4, -0.2) is 20.9 Å². The minimum atomic E-state index is -3.83. The molecule has 1 N–H and O–H groups in total. The number of carbonyl (C=O) groups is 1. The lowest BCUT2D eigenvalue weighted by Crippen LogP contribution is -2.34. The molecule has 0 bridgehead atoms. The maximum absolute atomic E-state index is 13.5. The molecule has 0 fully saturated rings. The second-order valence-electron chi connectivity index (χ2n) is 9.14. The van der Waals surface area contributed by atoms with E-state index in [0.29, 0.717) is 5.69 Å². The lowest BCUT2D eigenvalue weighted by Gasteiger charge is -2.25. The number of hydrogen-bond donors (Lipinski definition) is 1. The molecule has 5 nitrogen and oxygen atoms in total. The summed E-state index contributed by atoms with van der Waals surface area (Å²) in [6.07, 6.45) is 0.0317. The van der Waals surface area contributed by atoms with Crippen LogP contribution in [0.25, 0.3) is 0 Å². The molecule has 6 heteroatoms. The van der Waals surface area contributed by atoms with Gasteiger partial charge in [0, 0.05) is 18.7 Å². The van der Waals surface area contributed by atoms with E-state index in [9.17, 15) is 13.2 Å². The fraction of sp³-hybridized carbons (Fsp3) is 0.321. The molecule has 0 aromatic heterocycles. The highest BCUT2D eigenvalue weighted by Gasteiger charge is 2.26. The Morgan fingerprint density at radius 1 is 0.824 bits per heavy atom. The molecule has 0 heterocycles. The van der Waals surface area contributed by atoms with Crippen molar-refractivity contribution < 1.29 is 13.2 Å². The average Bonchev–Trinajstić information content (AvgIpc) is 2.80. The van der Waals surface area contributed by atoms with Crippen molar-refractivity contribution in [3.05, 3.63) is 89.5 Å². The minimum absolute atomic E-state index is 0.0317. The van der Waals surface area contributed by atoms with Crippen molar-refractivity contribution in [1.29, 1.82) is 0 Å². The van der Waals surface area contributed by atoms with Crippen molar-refractivity contribution in [1.82, 2.24) is 0 Å². The van der Waals surface area contributed by atoms with Crippen molar-refractivity contribution in [2.75, 3.05) is 16.2 Å². The zero-order valence-electron chi connectivity index (χ0n) is 20.6. The standard InChI is InChI=1S/C28H34N2O3S/c1-20(2)25-12-9-13-26(21(3)4)28(25)29-27(31)18-19-30(23-10-7-6-8-11-23)34(32,33)24-16-14-22(5)15-17-24/h6-17,20-21H,18-19H2,1-5H3,(H,29,31). The summed E-state index contributed by atoms with van der Waals surface area (Å²) in [5.41, 5.74) is 4.50. The first kappa shape index (κ1) is 25.5. The molecule has 0 saturated heterocycles. The van der Waals surface area contributed by atoms with E-state index in [1.165, 1.54) is 4.31 Å². The van der Waals surface area contributed by atoms with Crippen molar-refractivity contribution in [3.8, 4) is 0 Å². The third-order valence-corrected chi connectivity index (χ3v) is 7.67. The summed E-state index contributed by atoms with van der Waals surface area (Å²) in [5.74, 6) is 0.281. The number of rotatable bonds is 9. The lowest BCUT2D eigenvalue weighted by atomic mass is 9.92. The van der Waals surface area contributed by atoms with Gasteiger partial charge < -0.3 is 5.32 Å². The largest absolute Gasteiger partial charge is 0.326 e. The van der Waals surface area contributed by atoms with Gasteiger partial charge in [-0.2, -0.15) is 0 Å². The zero-order chi connectivity index (χ0) is 24.9. The van der Waals surface area contributed by atoms with E-state index >= 15 is 0 Å². The quantitative estimate of drug-likeness (QED) is 0.383. The van der Waals surface area contributed by atoms with Crippen LogP contribution >= 0.6 is 0 Å². The van der Waals surface area contributed by atoms with Gasteiger partial charge in [-0.3, -0.25) is 9.10 Å². The first-order valence-corrected chi connectivity index (χ1v) is 13.1. The molecular formula is C28H34N2O3S. The molecule has 0 saturated carbocycles. The van der Waals surface area contributed by atoms with Crippen LogP contribution in [0.1, 0.15) is 62.6 Å². The fourth-order valence-electron chi connectivity index (χ4n) is 3.92. The van der Waals surface area contributed by atoms with Gasteiger partial charge in [0.25, 0.3) is 10.0 Å². The number of para-hydroxylation sites is 2. The maximum atomic E-state index is 13.5. The molecule has 0 radical (unpaired) electrons. The number of benzene rings is 3.